The number of carboxylic acids is 1. The van der Waals surface area contributed by atoms with E-state index in [1.54, 1.807) is 23.3 Å². The van der Waals surface area contributed by atoms with E-state index in [9.17, 15) is 4.79 Å². The molecule has 0 saturated heterocycles. The topological polar surface area (TPSA) is 66.3 Å². The van der Waals surface area contributed by atoms with Crippen LogP contribution < -0.4 is 4.90 Å². The molecule has 0 saturated carbocycles. The summed E-state index contributed by atoms with van der Waals surface area (Å²) in [5, 5.41) is 10.2. The van der Waals surface area contributed by atoms with Gasteiger partial charge in [0.2, 0.25) is 5.28 Å². The van der Waals surface area contributed by atoms with Crippen molar-refractivity contribution in [2.75, 3.05) is 18.5 Å². The van der Waals surface area contributed by atoms with E-state index in [2.05, 4.69) is 30.7 Å². The maximum Gasteiger partial charge on any atom is 0.323 e. The average Bonchev–Trinajstić information content (AvgIpc) is 2.81. The van der Waals surface area contributed by atoms with Gasteiger partial charge in [0.25, 0.3) is 0 Å². The van der Waals surface area contributed by atoms with E-state index in [-0.39, 0.29) is 17.2 Å². The van der Waals surface area contributed by atoms with E-state index in [1.165, 1.54) is 10.4 Å². The number of aromatic nitrogens is 2. The third-order valence-corrected chi connectivity index (χ3v) is 6.14. The van der Waals surface area contributed by atoms with Gasteiger partial charge in [0.05, 0.1) is 5.39 Å². The van der Waals surface area contributed by atoms with Gasteiger partial charge in [-0.25, -0.2) is 4.98 Å². The number of halogens is 1. The molecule has 0 radical (unpaired) electrons. The van der Waals surface area contributed by atoms with Gasteiger partial charge >= 0.3 is 5.97 Å². The number of thiophene rings is 1. The molecule has 2 aromatic rings. The van der Waals surface area contributed by atoms with Crippen molar-refractivity contribution in [1.82, 2.24) is 9.97 Å². The van der Waals surface area contributed by atoms with Gasteiger partial charge in [-0.2, -0.15) is 4.98 Å². The molecule has 24 heavy (non-hydrogen) atoms. The molecule has 0 fully saturated rings. The largest absolute Gasteiger partial charge is 0.480 e. The van der Waals surface area contributed by atoms with Crippen LogP contribution in [0.3, 0.4) is 0 Å². The zero-order valence-electron chi connectivity index (χ0n) is 14.4. The number of carbonyl (C=O) groups is 1. The van der Waals surface area contributed by atoms with Gasteiger partial charge in [-0.05, 0) is 47.8 Å². The number of rotatable bonds is 3. The van der Waals surface area contributed by atoms with Gasteiger partial charge in [-0.3, -0.25) is 4.79 Å². The third kappa shape index (κ3) is 3.22. The van der Waals surface area contributed by atoms with Crippen LogP contribution in [-0.2, 0) is 17.6 Å². The molecule has 0 amide bonds. The Morgan fingerprint density at radius 3 is 2.75 bits per heavy atom. The van der Waals surface area contributed by atoms with Gasteiger partial charge < -0.3 is 10.0 Å². The van der Waals surface area contributed by atoms with Gasteiger partial charge in [0.1, 0.15) is 17.2 Å². The lowest BCUT2D eigenvalue weighted by Crippen LogP contribution is -2.27. The monoisotopic (exact) mass is 367 g/mol. The highest BCUT2D eigenvalue weighted by atomic mass is 35.5. The summed E-state index contributed by atoms with van der Waals surface area (Å²) in [5.41, 5.74) is 1.56. The summed E-state index contributed by atoms with van der Waals surface area (Å²) in [6.07, 6.45) is 3.16. The first-order chi connectivity index (χ1) is 11.2. The number of likely N-dealkylation sites (N-methyl/N-ethyl adjacent to an activating group) is 1. The lowest BCUT2D eigenvalue weighted by molar-refractivity contribution is -0.135. The van der Waals surface area contributed by atoms with Crippen LogP contribution in [0.25, 0.3) is 10.2 Å². The van der Waals surface area contributed by atoms with Gasteiger partial charge in [-0.15, -0.1) is 11.3 Å². The fourth-order valence-corrected chi connectivity index (χ4v) is 4.93. The SMILES string of the molecule is CN(CC(=O)O)c1nc(Cl)nc2sc3c(c12)CCC(C(C)(C)C)C3. The Labute approximate surface area is 150 Å². The molecule has 2 heterocycles. The predicted molar refractivity (Wildman–Crippen MR) is 98.3 cm³/mol. The standard InChI is InChI=1S/C17H22ClN3O2S/c1-17(2,3)9-5-6-10-11(7-9)24-15-13(10)14(19-16(18)20-15)21(4)8-12(22)23/h9H,5-8H2,1-4H3,(H,22,23). The second-order valence-electron chi connectivity index (χ2n) is 7.56. The zero-order chi connectivity index (χ0) is 17.6. The van der Waals surface area contributed by atoms with Crippen molar-refractivity contribution in [1.29, 1.82) is 0 Å². The molecule has 1 atom stereocenters. The molecule has 1 unspecified atom stereocenters. The smallest absolute Gasteiger partial charge is 0.323 e. The summed E-state index contributed by atoms with van der Waals surface area (Å²) < 4.78 is 0. The molecule has 2 aromatic heterocycles. The lowest BCUT2D eigenvalue weighted by atomic mass is 9.72. The second-order valence-corrected chi connectivity index (χ2v) is 8.98. The fourth-order valence-electron chi connectivity index (χ4n) is 3.43. The molecule has 1 aliphatic carbocycles. The summed E-state index contributed by atoms with van der Waals surface area (Å²) >= 11 is 7.75. The Bertz CT molecular complexity index is 797. The number of nitrogens with zero attached hydrogens (tertiary/aromatic N) is 3. The minimum atomic E-state index is -0.891. The first kappa shape index (κ1) is 17.4. The molecule has 7 heteroatoms. The number of hydrogen-bond acceptors (Lipinski definition) is 5. The second kappa shape index (κ2) is 6.15. The van der Waals surface area contributed by atoms with Crippen molar-refractivity contribution in [2.24, 2.45) is 11.3 Å². The Morgan fingerprint density at radius 1 is 1.42 bits per heavy atom. The fraction of sp³-hybridized carbons (Fsp3) is 0.588. The summed E-state index contributed by atoms with van der Waals surface area (Å²) in [7, 11) is 1.73. The van der Waals surface area contributed by atoms with Gasteiger partial charge in [-0.1, -0.05) is 20.8 Å². The van der Waals surface area contributed by atoms with Crippen LogP contribution in [0.2, 0.25) is 5.28 Å². The maximum absolute atomic E-state index is 11.1. The maximum atomic E-state index is 11.1. The summed E-state index contributed by atoms with van der Waals surface area (Å²) in [6, 6.07) is 0. The van der Waals surface area contributed by atoms with Gasteiger partial charge in [0.15, 0.2) is 0 Å². The number of hydrogen-bond donors (Lipinski definition) is 1. The summed E-state index contributed by atoms with van der Waals surface area (Å²) in [5.74, 6) is 0.373. The number of fused-ring (bicyclic) bond motifs is 3. The van der Waals surface area contributed by atoms with E-state index in [1.807, 2.05) is 0 Å². The van der Waals surface area contributed by atoms with Crippen LogP contribution in [0.5, 0.6) is 0 Å². The molecule has 0 aromatic carbocycles. The molecule has 3 rings (SSSR count). The molecular formula is C17H22ClN3O2S. The summed E-state index contributed by atoms with van der Waals surface area (Å²) in [6.45, 7) is 6.76. The minimum Gasteiger partial charge on any atom is -0.480 e. The molecule has 1 aliphatic rings. The molecule has 0 spiro atoms. The molecule has 0 bridgehead atoms. The molecule has 130 valence electrons. The Morgan fingerprint density at radius 2 is 2.12 bits per heavy atom. The van der Waals surface area contributed by atoms with Crippen LogP contribution in [0.1, 0.15) is 37.6 Å². The Kier molecular flexibility index (Phi) is 4.47. The van der Waals surface area contributed by atoms with Gasteiger partial charge in [0, 0.05) is 11.9 Å². The van der Waals surface area contributed by atoms with Crippen LogP contribution >= 0.6 is 22.9 Å². The van der Waals surface area contributed by atoms with E-state index in [0.29, 0.717) is 11.7 Å². The van der Waals surface area contributed by atoms with Crippen molar-refractivity contribution >= 4 is 44.9 Å². The third-order valence-electron chi connectivity index (χ3n) is 4.82. The van der Waals surface area contributed by atoms with E-state index >= 15 is 0 Å². The normalized spacial score (nSPS) is 17.8. The molecular weight excluding hydrogens is 346 g/mol. The van der Waals surface area contributed by atoms with Crippen molar-refractivity contribution in [3.8, 4) is 0 Å². The van der Waals surface area contributed by atoms with Crippen LogP contribution in [-0.4, -0.2) is 34.6 Å². The van der Waals surface area contributed by atoms with Crippen molar-refractivity contribution in [3.63, 3.8) is 0 Å². The number of carboxylic acid groups (broad SMARTS) is 1. The highest BCUT2D eigenvalue weighted by Crippen LogP contribution is 2.45. The molecule has 5 nitrogen and oxygen atoms in total. The van der Waals surface area contributed by atoms with Crippen molar-refractivity contribution in [3.05, 3.63) is 15.7 Å². The van der Waals surface area contributed by atoms with E-state index < -0.39 is 5.97 Å². The predicted octanol–water partition coefficient (Wildman–Crippen LogP) is 4.02. The molecule has 1 N–H and O–H groups in total. The Balaban J connectivity index is 2.09. The van der Waals surface area contributed by atoms with Crippen LogP contribution in [0.15, 0.2) is 0 Å². The number of aryl methyl sites for hydroxylation is 1. The van der Waals surface area contributed by atoms with E-state index in [0.717, 1.165) is 29.5 Å². The highest BCUT2D eigenvalue weighted by Gasteiger charge is 2.32. The van der Waals surface area contributed by atoms with Crippen molar-refractivity contribution < 1.29 is 9.90 Å². The van der Waals surface area contributed by atoms with E-state index in [4.69, 9.17) is 16.7 Å². The van der Waals surface area contributed by atoms with Crippen LogP contribution in [0, 0.1) is 11.3 Å². The lowest BCUT2D eigenvalue weighted by Gasteiger charge is -2.33. The van der Waals surface area contributed by atoms with Crippen molar-refractivity contribution in [2.45, 2.75) is 40.0 Å². The minimum absolute atomic E-state index is 0.113. The van der Waals surface area contributed by atoms with Crippen LogP contribution in [0.4, 0.5) is 5.82 Å². The first-order valence-corrected chi connectivity index (χ1v) is 9.27. The number of aliphatic carboxylic acids is 1. The Hall–Kier alpha value is -1.40. The average molecular weight is 368 g/mol. The zero-order valence-corrected chi connectivity index (χ0v) is 16.0. The first-order valence-electron chi connectivity index (χ1n) is 8.07. The number of anilines is 1. The molecule has 0 aliphatic heterocycles. The highest BCUT2D eigenvalue weighted by molar-refractivity contribution is 7.19. The summed E-state index contributed by atoms with van der Waals surface area (Å²) in [4.78, 5) is 23.6. The quantitative estimate of drug-likeness (QED) is 0.830.